The Labute approximate surface area is 122 Å². The third kappa shape index (κ3) is 3.35. The Hall–Kier alpha value is -1.91. The van der Waals surface area contributed by atoms with Gasteiger partial charge < -0.3 is 10.4 Å². The zero-order valence-electron chi connectivity index (χ0n) is 11.0. The lowest BCUT2D eigenvalue weighted by atomic mass is 10.1. The summed E-state index contributed by atoms with van der Waals surface area (Å²) in [6, 6.07) is 8.75. The van der Waals surface area contributed by atoms with E-state index in [9.17, 15) is 9.90 Å². The fourth-order valence-electron chi connectivity index (χ4n) is 1.80. The standard InChI is InChI=1S/C15H15ClN2O2/c1-10-4-2-6-12(14(10)16)15(20)18-9-13(19)11-5-3-7-17-8-11/h2-8,13,19H,9H2,1H3,(H,18,20)/t13-/m1/s1. The molecule has 2 aromatic rings. The van der Waals surface area contributed by atoms with E-state index < -0.39 is 6.10 Å². The van der Waals surface area contributed by atoms with Gasteiger partial charge in [-0.2, -0.15) is 0 Å². The first-order valence-electron chi connectivity index (χ1n) is 6.21. The van der Waals surface area contributed by atoms with Crippen LogP contribution in [0.15, 0.2) is 42.7 Å². The van der Waals surface area contributed by atoms with Crippen molar-refractivity contribution < 1.29 is 9.90 Å². The first kappa shape index (κ1) is 14.5. The van der Waals surface area contributed by atoms with Gasteiger partial charge >= 0.3 is 0 Å². The van der Waals surface area contributed by atoms with E-state index in [2.05, 4.69) is 10.3 Å². The number of aryl methyl sites for hydroxylation is 1. The lowest BCUT2D eigenvalue weighted by Crippen LogP contribution is -2.28. The maximum Gasteiger partial charge on any atom is 0.252 e. The molecule has 104 valence electrons. The molecule has 20 heavy (non-hydrogen) atoms. The smallest absolute Gasteiger partial charge is 0.252 e. The maximum atomic E-state index is 12.0. The lowest BCUT2D eigenvalue weighted by Gasteiger charge is -2.12. The molecule has 0 saturated heterocycles. The van der Waals surface area contributed by atoms with Gasteiger partial charge in [0, 0.05) is 24.5 Å². The predicted molar refractivity (Wildman–Crippen MR) is 77.7 cm³/mol. The summed E-state index contributed by atoms with van der Waals surface area (Å²) < 4.78 is 0. The lowest BCUT2D eigenvalue weighted by molar-refractivity contribution is 0.0916. The number of aromatic nitrogens is 1. The molecule has 0 aliphatic carbocycles. The van der Waals surface area contributed by atoms with Crippen molar-refractivity contribution in [3.63, 3.8) is 0 Å². The van der Waals surface area contributed by atoms with Crippen LogP contribution in [0.4, 0.5) is 0 Å². The number of amides is 1. The van der Waals surface area contributed by atoms with Gasteiger partial charge in [-0.15, -0.1) is 0 Å². The molecular formula is C15H15ClN2O2. The molecule has 0 radical (unpaired) electrons. The number of nitrogens with zero attached hydrogens (tertiary/aromatic N) is 1. The summed E-state index contributed by atoms with van der Waals surface area (Å²) in [5.74, 6) is -0.304. The number of aliphatic hydroxyl groups excluding tert-OH is 1. The van der Waals surface area contributed by atoms with Crippen LogP contribution in [0.25, 0.3) is 0 Å². The Morgan fingerprint density at radius 2 is 2.20 bits per heavy atom. The van der Waals surface area contributed by atoms with Crippen molar-refractivity contribution in [1.82, 2.24) is 10.3 Å². The second-order valence-electron chi connectivity index (χ2n) is 4.45. The van der Waals surface area contributed by atoms with Crippen molar-refractivity contribution in [2.24, 2.45) is 0 Å². The molecule has 5 heteroatoms. The molecule has 0 aliphatic heterocycles. The normalized spacial score (nSPS) is 11.9. The van der Waals surface area contributed by atoms with Gasteiger partial charge in [-0.05, 0) is 24.6 Å². The van der Waals surface area contributed by atoms with Gasteiger partial charge in [0.05, 0.1) is 16.7 Å². The van der Waals surface area contributed by atoms with Gasteiger partial charge in [0.25, 0.3) is 5.91 Å². The van der Waals surface area contributed by atoms with Crippen LogP contribution < -0.4 is 5.32 Å². The van der Waals surface area contributed by atoms with E-state index in [1.54, 1.807) is 36.7 Å². The average molecular weight is 291 g/mol. The number of carbonyl (C=O) groups is 1. The van der Waals surface area contributed by atoms with Crippen molar-refractivity contribution >= 4 is 17.5 Å². The van der Waals surface area contributed by atoms with Crippen LogP contribution in [0.1, 0.15) is 27.6 Å². The predicted octanol–water partition coefficient (Wildman–Crippen LogP) is 2.51. The summed E-state index contributed by atoms with van der Waals surface area (Å²) in [5.41, 5.74) is 1.90. The highest BCUT2D eigenvalue weighted by Gasteiger charge is 2.14. The van der Waals surface area contributed by atoms with Gasteiger partial charge in [-0.1, -0.05) is 29.8 Å². The molecule has 1 atom stereocenters. The zero-order chi connectivity index (χ0) is 14.5. The molecule has 4 nitrogen and oxygen atoms in total. The molecule has 1 aromatic carbocycles. The third-order valence-corrected chi connectivity index (χ3v) is 3.46. The fraction of sp³-hybridized carbons (Fsp3) is 0.200. The molecule has 0 unspecified atom stereocenters. The highest BCUT2D eigenvalue weighted by Crippen LogP contribution is 2.20. The molecule has 1 amide bonds. The SMILES string of the molecule is Cc1cccc(C(=O)NC[C@@H](O)c2cccnc2)c1Cl. The quantitative estimate of drug-likeness (QED) is 0.909. The average Bonchev–Trinajstić information content (AvgIpc) is 2.48. The van der Waals surface area contributed by atoms with E-state index in [1.165, 1.54) is 0 Å². The van der Waals surface area contributed by atoms with Crippen LogP contribution in [0, 0.1) is 6.92 Å². The topological polar surface area (TPSA) is 62.2 Å². The molecule has 2 N–H and O–H groups in total. The highest BCUT2D eigenvalue weighted by molar-refractivity contribution is 6.34. The summed E-state index contributed by atoms with van der Waals surface area (Å²) >= 11 is 6.09. The highest BCUT2D eigenvalue weighted by atomic mass is 35.5. The number of rotatable bonds is 4. The van der Waals surface area contributed by atoms with Gasteiger partial charge in [0.15, 0.2) is 0 Å². The first-order chi connectivity index (χ1) is 9.59. The van der Waals surface area contributed by atoms with Crippen LogP contribution in [-0.4, -0.2) is 22.5 Å². The molecule has 0 fully saturated rings. The number of pyridine rings is 1. The van der Waals surface area contributed by atoms with Gasteiger partial charge in [-0.25, -0.2) is 0 Å². The summed E-state index contributed by atoms with van der Waals surface area (Å²) in [6.45, 7) is 1.94. The van der Waals surface area contributed by atoms with Crippen LogP contribution in [0.3, 0.4) is 0 Å². The Kier molecular flexibility index (Phi) is 4.71. The molecule has 1 aromatic heterocycles. The van der Waals surface area contributed by atoms with E-state index in [4.69, 9.17) is 11.6 Å². The number of aliphatic hydroxyl groups is 1. The number of hydrogen-bond acceptors (Lipinski definition) is 3. The van der Waals surface area contributed by atoms with Crippen LogP contribution in [0.5, 0.6) is 0 Å². The van der Waals surface area contributed by atoms with E-state index in [1.807, 2.05) is 13.0 Å². The summed E-state index contributed by atoms with van der Waals surface area (Å²) in [5, 5.41) is 13.0. The van der Waals surface area contributed by atoms with E-state index in [0.717, 1.165) is 5.56 Å². The summed E-state index contributed by atoms with van der Waals surface area (Å²) in [7, 11) is 0. The zero-order valence-corrected chi connectivity index (χ0v) is 11.8. The fourth-order valence-corrected chi connectivity index (χ4v) is 2.01. The minimum atomic E-state index is -0.795. The van der Waals surface area contributed by atoms with Crippen molar-refractivity contribution in [3.05, 3.63) is 64.4 Å². The number of benzene rings is 1. The van der Waals surface area contributed by atoms with Gasteiger partial charge in [-0.3, -0.25) is 9.78 Å². The molecule has 2 rings (SSSR count). The molecule has 0 bridgehead atoms. The Morgan fingerprint density at radius 3 is 2.90 bits per heavy atom. The minimum Gasteiger partial charge on any atom is -0.387 e. The van der Waals surface area contributed by atoms with Crippen molar-refractivity contribution in [1.29, 1.82) is 0 Å². The minimum absolute atomic E-state index is 0.106. The Bertz CT molecular complexity index is 602. The molecule has 1 heterocycles. The molecular weight excluding hydrogens is 276 g/mol. The van der Waals surface area contributed by atoms with Crippen LogP contribution in [-0.2, 0) is 0 Å². The number of carbonyl (C=O) groups excluding carboxylic acids is 1. The van der Waals surface area contributed by atoms with Crippen molar-refractivity contribution in [2.75, 3.05) is 6.54 Å². The van der Waals surface area contributed by atoms with Crippen molar-refractivity contribution in [3.8, 4) is 0 Å². The van der Waals surface area contributed by atoms with Crippen LogP contribution in [0.2, 0.25) is 5.02 Å². The number of hydrogen-bond donors (Lipinski definition) is 2. The second kappa shape index (κ2) is 6.50. The number of nitrogens with one attached hydrogen (secondary N) is 1. The molecule has 0 spiro atoms. The molecule has 0 aliphatic rings. The van der Waals surface area contributed by atoms with E-state index in [0.29, 0.717) is 16.1 Å². The Morgan fingerprint density at radius 1 is 1.40 bits per heavy atom. The van der Waals surface area contributed by atoms with Crippen molar-refractivity contribution in [2.45, 2.75) is 13.0 Å². The maximum absolute atomic E-state index is 12.0. The second-order valence-corrected chi connectivity index (χ2v) is 4.83. The van der Waals surface area contributed by atoms with E-state index in [-0.39, 0.29) is 12.5 Å². The monoisotopic (exact) mass is 290 g/mol. The largest absolute Gasteiger partial charge is 0.387 e. The first-order valence-corrected chi connectivity index (χ1v) is 6.58. The van der Waals surface area contributed by atoms with Crippen LogP contribution >= 0.6 is 11.6 Å². The summed E-state index contributed by atoms with van der Waals surface area (Å²) in [6.07, 6.45) is 2.40. The van der Waals surface area contributed by atoms with E-state index >= 15 is 0 Å². The van der Waals surface area contributed by atoms with Gasteiger partial charge in [0.1, 0.15) is 0 Å². The number of halogens is 1. The third-order valence-electron chi connectivity index (χ3n) is 2.96. The summed E-state index contributed by atoms with van der Waals surface area (Å²) in [4.78, 5) is 16.0. The Balaban J connectivity index is 2.01. The molecule has 0 saturated carbocycles. The van der Waals surface area contributed by atoms with Gasteiger partial charge in [0.2, 0.25) is 0 Å².